The molecule has 0 radical (unpaired) electrons. The van der Waals surface area contributed by atoms with Gasteiger partial charge in [-0.3, -0.25) is 14.4 Å². The summed E-state index contributed by atoms with van der Waals surface area (Å²) in [6.45, 7) is 4.60. The highest BCUT2D eigenvalue weighted by molar-refractivity contribution is 5.94. The first-order chi connectivity index (χ1) is 16.3. The number of hydrogen-bond donors (Lipinski definition) is 6. The second kappa shape index (κ2) is 14.1. The molecule has 1 aromatic rings. The van der Waals surface area contributed by atoms with E-state index in [9.17, 15) is 32.7 Å². The molecule has 0 aliphatic heterocycles. The summed E-state index contributed by atoms with van der Waals surface area (Å²) in [6.07, 6.45) is -5.80. The standard InChI is InChI=1S/C23H36F3N5O4/c1-13(2)20(33)18(12-28-4)30-22(35)19(14(3)32)31-21(34)17(9-10-27)29-11-15-7-5-6-8-16(15)23(24,25)26/h5-8,13-14,17-19,28-29,32H,9-12,27H2,1-4H3,(H,30,35)(H,31,34)/t14-,17-,18-,19-/m0/s1. The fraction of sp³-hybridized carbons (Fsp3) is 0.609. The molecule has 9 nitrogen and oxygen atoms in total. The summed E-state index contributed by atoms with van der Waals surface area (Å²) < 4.78 is 39.8. The number of carbonyl (C=O) groups excluding carboxylic acids is 3. The van der Waals surface area contributed by atoms with Crippen molar-refractivity contribution in [2.75, 3.05) is 20.1 Å². The molecule has 0 saturated carbocycles. The maximum Gasteiger partial charge on any atom is 0.416 e. The van der Waals surface area contributed by atoms with E-state index in [0.717, 1.165) is 6.07 Å². The molecule has 0 fully saturated rings. The molecular formula is C23H36F3N5O4. The monoisotopic (exact) mass is 503 g/mol. The number of hydrogen-bond acceptors (Lipinski definition) is 7. The van der Waals surface area contributed by atoms with Crippen molar-refractivity contribution < 1.29 is 32.7 Å². The molecule has 35 heavy (non-hydrogen) atoms. The smallest absolute Gasteiger partial charge is 0.391 e. The molecule has 0 heterocycles. The first-order valence-corrected chi connectivity index (χ1v) is 11.4. The summed E-state index contributed by atoms with van der Waals surface area (Å²) in [5.41, 5.74) is 4.69. The molecule has 7 N–H and O–H groups in total. The normalized spacial score (nSPS) is 15.3. The van der Waals surface area contributed by atoms with Crippen molar-refractivity contribution in [3.63, 3.8) is 0 Å². The first-order valence-electron chi connectivity index (χ1n) is 11.4. The van der Waals surface area contributed by atoms with Crippen LogP contribution in [0.15, 0.2) is 24.3 Å². The van der Waals surface area contributed by atoms with Crippen LogP contribution in [-0.4, -0.2) is 67.1 Å². The summed E-state index contributed by atoms with van der Waals surface area (Å²) in [4.78, 5) is 38.1. The minimum atomic E-state index is -4.56. The molecule has 198 valence electrons. The number of nitrogens with two attached hydrogens (primary N) is 1. The first kappa shape index (κ1) is 30.5. The van der Waals surface area contributed by atoms with Gasteiger partial charge in [0, 0.05) is 19.0 Å². The van der Waals surface area contributed by atoms with Crippen LogP contribution < -0.4 is 27.0 Å². The number of rotatable bonds is 14. The molecule has 2 amide bonds. The second-order valence-corrected chi connectivity index (χ2v) is 8.57. The lowest BCUT2D eigenvalue weighted by molar-refractivity contribution is -0.138. The zero-order valence-electron chi connectivity index (χ0n) is 20.4. The fourth-order valence-corrected chi connectivity index (χ4v) is 3.43. The van der Waals surface area contributed by atoms with Gasteiger partial charge in [-0.2, -0.15) is 13.2 Å². The molecule has 12 heteroatoms. The number of aliphatic hydroxyl groups is 1. The van der Waals surface area contributed by atoms with Crippen LogP contribution in [0.1, 0.15) is 38.3 Å². The fourth-order valence-electron chi connectivity index (χ4n) is 3.43. The van der Waals surface area contributed by atoms with Gasteiger partial charge in [0.25, 0.3) is 0 Å². The second-order valence-electron chi connectivity index (χ2n) is 8.57. The summed E-state index contributed by atoms with van der Waals surface area (Å²) in [5.74, 6) is -2.07. The van der Waals surface area contributed by atoms with Crippen molar-refractivity contribution >= 4 is 17.6 Å². The van der Waals surface area contributed by atoms with E-state index in [2.05, 4.69) is 21.3 Å². The van der Waals surface area contributed by atoms with Crippen molar-refractivity contribution in [2.45, 2.75) is 64.1 Å². The SMILES string of the molecule is CNC[C@H](NC(=O)[C@@H](NC(=O)[C@H](CCN)NCc1ccccc1C(F)(F)F)[C@H](C)O)C(=O)C(C)C. The third-order valence-corrected chi connectivity index (χ3v) is 5.33. The Morgan fingerprint density at radius 2 is 1.66 bits per heavy atom. The van der Waals surface area contributed by atoms with Gasteiger partial charge in [-0.25, -0.2) is 0 Å². The maximum atomic E-state index is 13.3. The summed E-state index contributed by atoms with van der Waals surface area (Å²) in [7, 11) is 1.61. The van der Waals surface area contributed by atoms with E-state index in [-0.39, 0.29) is 43.3 Å². The van der Waals surface area contributed by atoms with Crippen LogP contribution in [0.25, 0.3) is 0 Å². The van der Waals surface area contributed by atoms with Gasteiger partial charge in [-0.15, -0.1) is 0 Å². The number of alkyl halides is 3. The molecule has 0 saturated heterocycles. The zero-order valence-corrected chi connectivity index (χ0v) is 20.4. The van der Waals surface area contributed by atoms with E-state index in [1.807, 2.05) is 0 Å². The molecule has 0 spiro atoms. The van der Waals surface area contributed by atoms with Crippen molar-refractivity contribution in [1.29, 1.82) is 0 Å². The van der Waals surface area contributed by atoms with E-state index >= 15 is 0 Å². The summed E-state index contributed by atoms with van der Waals surface area (Å²) in [5, 5.41) is 20.7. The third kappa shape index (κ3) is 9.55. The van der Waals surface area contributed by atoms with Gasteiger partial charge in [-0.1, -0.05) is 32.0 Å². The van der Waals surface area contributed by atoms with Gasteiger partial charge in [0.15, 0.2) is 5.78 Å². The molecule has 0 bridgehead atoms. The minimum absolute atomic E-state index is 0.0463. The molecular weight excluding hydrogens is 467 g/mol. The van der Waals surface area contributed by atoms with Crippen molar-refractivity contribution in [3.05, 3.63) is 35.4 Å². The number of halogens is 3. The van der Waals surface area contributed by atoms with Gasteiger partial charge >= 0.3 is 6.18 Å². The number of nitrogens with one attached hydrogen (secondary N) is 4. The molecule has 1 rings (SSSR count). The highest BCUT2D eigenvalue weighted by Crippen LogP contribution is 2.31. The van der Waals surface area contributed by atoms with E-state index in [4.69, 9.17) is 5.73 Å². The number of likely N-dealkylation sites (N-methyl/N-ethyl adjacent to an activating group) is 1. The average molecular weight is 504 g/mol. The lowest BCUT2D eigenvalue weighted by Crippen LogP contribution is -2.60. The van der Waals surface area contributed by atoms with Gasteiger partial charge in [0.1, 0.15) is 12.1 Å². The Hall–Kier alpha value is -2.54. The molecule has 0 aliphatic rings. The van der Waals surface area contributed by atoms with Crippen molar-refractivity contribution in [2.24, 2.45) is 11.7 Å². The Balaban J connectivity index is 2.97. The average Bonchev–Trinajstić information content (AvgIpc) is 2.78. The molecule has 0 aromatic heterocycles. The van der Waals surface area contributed by atoms with Crippen LogP contribution in [0.2, 0.25) is 0 Å². The highest BCUT2D eigenvalue weighted by atomic mass is 19.4. The maximum absolute atomic E-state index is 13.3. The lowest BCUT2D eigenvalue weighted by Gasteiger charge is -2.27. The van der Waals surface area contributed by atoms with Crippen LogP contribution in [0.3, 0.4) is 0 Å². The van der Waals surface area contributed by atoms with Crippen LogP contribution >= 0.6 is 0 Å². The Morgan fingerprint density at radius 1 is 1.03 bits per heavy atom. The van der Waals surface area contributed by atoms with Gasteiger partial charge in [0.05, 0.1) is 17.7 Å². The Labute approximate surface area is 203 Å². The predicted octanol–water partition coefficient (Wildman–Crippen LogP) is 0.307. The number of Topliss-reactive ketones (excluding diaryl/α,β-unsaturated/α-hetero) is 1. The Kier molecular flexibility index (Phi) is 12.3. The number of carbonyl (C=O) groups is 3. The number of aliphatic hydroxyl groups excluding tert-OH is 1. The van der Waals surface area contributed by atoms with Crippen LogP contribution in [0, 0.1) is 5.92 Å². The van der Waals surface area contributed by atoms with E-state index in [1.165, 1.54) is 25.1 Å². The Bertz CT molecular complexity index is 849. The molecule has 4 atom stereocenters. The minimum Gasteiger partial charge on any atom is -0.391 e. The topological polar surface area (TPSA) is 146 Å². The molecule has 0 unspecified atom stereocenters. The summed E-state index contributed by atoms with van der Waals surface area (Å²) >= 11 is 0. The van der Waals surface area contributed by atoms with Gasteiger partial charge < -0.3 is 32.1 Å². The van der Waals surface area contributed by atoms with E-state index < -0.39 is 47.8 Å². The van der Waals surface area contributed by atoms with Gasteiger partial charge in [-0.05, 0) is 38.6 Å². The van der Waals surface area contributed by atoms with Crippen molar-refractivity contribution in [1.82, 2.24) is 21.3 Å². The predicted molar refractivity (Wildman–Crippen MR) is 125 cm³/mol. The largest absolute Gasteiger partial charge is 0.416 e. The van der Waals surface area contributed by atoms with E-state index in [0.29, 0.717) is 0 Å². The number of benzene rings is 1. The molecule has 1 aromatic carbocycles. The number of ketones is 1. The van der Waals surface area contributed by atoms with Gasteiger partial charge in [0.2, 0.25) is 11.8 Å². The lowest BCUT2D eigenvalue weighted by atomic mass is 10.0. The molecule has 0 aliphatic carbocycles. The highest BCUT2D eigenvalue weighted by Gasteiger charge is 2.34. The van der Waals surface area contributed by atoms with Crippen molar-refractivity contribution in [3.8, 4) is 0 Å². The Morgan fingerprint density at radius 3 is 2.17 bits per heavy atom. The zero-order chi connectivity index (χ0) is 26.8. The number of amides is 2. The van der Waals surface area contributed by atoms with Crippen LogP contribution in [0.4, 0.5) is 13.2 Å². The summed E-state index contributed by atoms with van der Waals surface area (Å²) in [6, 6.07) is 1.68. The quantitative estimate of drug-likeness (QED) is 0.214. The van der Waals surface area contributed by atoms with Crippen LogP contribution in [-0.2, 0) is 27.1 Å². The van der Waals surface area contributed by atoms with Crippen LogP contribution in [0.5, 0.6) is 0 Å². The third-order valence-electron chi connectivity index (χ3n) is 5.33. The van der Waals surface area contributed by atoms with E-state index in [1.54, 1.807) is 20.9 Å².